The van der Waals surface area contributed by atoms with Crippen molar-refractivity contribution in [2.45, 2.75) is 26.2 Å². The van der Waals surface area contributed by atoms with Gasteiger partial charge in [0.05, 0.1) is 24.5 Å². The predicted molar refractivity (Wildman–Crippen MR) is 87.3 cm³/mol. The van der Waals surface area contributed by atoms with E-state index in [4.69, 9.17) is 9.72 Å². The normalized spacial score (nSPS) is 13.6. The average molecular weight is 293 g/mol. The average Bonchev–Trinajstić information content (AvgIpc) is 3.12. The van der Waals surface area contributed by atoms with Gasteiger partial charge in [0.1, 0.15) is 11.3 Å². The fraction of sp³-hybridized carbons (Fsp3) is 0.333. The minimum Gasteiger partial charge on any atom is -0.496 e. The Balaban J connectivity index is 1.95. The van der Waals surface area contributed by atoms with Gasteiger partial charge in [0.2, 0.25) is 0 Å². The highest BCUT2D eigenvalue weighted by atomic mass is 16.5. The Morgan fingerprint density at radius 3 is 2.68 bits per heavy atom. The molecule has 1 aliphatic carbocycles. The Morgan fingerprint density at radius 1 is 1.14 bits per heavy atom. The van der Waals surface area contributed by atoms with Crippen molar-refractivity contribution in [1.82, 2.24) is 14.8 Å². The first-order valence-corrected chi connectivity index (χ1v) is 7.67. The van der Waals surface area contributed by atoms with Gasteiger partial charge >= 0.3 is 0 Å². The number of hydrogen-bond acceptors (Lipinski definition) is 3. The second-order valence-corrected chi connectivity index (χ2v) is 6.00. The standard InChI is InChI=1S/C18H19N3O/c1-11-7-15(20-16-10-19-21(2)18(11)16)14-8-12-5-4-6-13(12)9-17(14)22-3/h7-10H,4-6H2,1-3H3. The molecule has 3 aromatic rings. The van der Waals surface area contributed by atoms with Crippen LogP contribution in [0.4, 0.5) is 0 Å². The van der Waals surface area contributed by atoms with E-state index in [9.17, 15) is 0 Å². The molecule has 0 saturated carbocycles. The summed E-state index contributed by atoms with van der Waals surface area (Å²) < 4.78 is 7.50. The van der Waals surface area contributed by atoms with Crippen LogP contribution < -0.4 is 4.74 Å². The number of benzene rings is 1. The zero-order chi connectivity index (χ0) is 15.3. The van der Waals surface area contributed by atoms with E-state index in [1.807, 2.05) is 17.9 Å². The van der Waals surface area contributed by atoms with Gasteiger partial charge in [-0.15, -0.1) is 0 Å². The quantitative estimate of drug-likeness (QED) is 0.726. The Kier molecular flexibility index (Phi) is 2.93. The third-order valence-electron chi connectivity index (χ3n) is 4.58. The van der Waals surface area contributed by atoms with Crippen molar-refractivity contribution in [2.24, 2.45) is 7.05 Å². The molecule has 0 spiro atoms. The first kappa shape index (κ1) is 13.3. The van der Waals surface area contributed by atoms with E-state index >= 15 is 0 Å². The lowest BCUT2D eigenvalue weighted by Gasteiger charge is -2.12. The molecular weight excluding hydrogens is 274 g/mol. The van der Waals surface area contributed by atoms with Crippen LogP contribution in [0, 0.1) is 6.92 Å². The van der Waals surface area contributed by atoms with Gasteiger partial charge in [-0.2, -0.15) is 5.10 Å². The fourth-order valence-corrected chi connectivity index (χ4v) is 3.51. The molecule has 0 amide bonds. The van der Waals surface area contributed by atoms with E-state index in [0.717, 1.165) is 40.9 Å². The smallest absolute Gasteiger partial charge is 0.128 e. The first-order valence-electron chi connectivity index (χ1n) is 7.67. The van der Waals surface area contributed by atoms with Crippen molar-refractivity contribution in [1.29, 1.82) is 0 Å². The molecule has 4 rings (SSSR count). The van der Waals surface area contributed by atoms with Crippen LogP contribution in [0.5, 0.6) is 5.75 Å². The third-order valence-corrected chi connectivity index (χ3v) is 4.58. The minimum atomic E-state index is 0.913. The maximum absolute atomic E-state index is 5.62. The predicted octanol–water partition coefficient (Wildman–Crippen LogP) is 3.44. The lowest BCUT2D eigenvalue weighted by molar-refractivity contribution is 0.416. The van der Waals surface area contributed by atoms with Gasteiger partial charge in [-0.25, -0.2) is 4.98 Å². The number of aromatic nitrogens is 3. The van der Waals surface area contributed by atoms with Crippen LogP contribution in [0.3, 0.4) is 0 Å². The molecule has 4 heteroatoms. The zero-order valence-corrected chi connectivity index (χ0v) is 13.2. The van der Waals surface area contributed by atoms with Crippen molar-refractivity contribution >= 4 is 11.0 Å². The van der Waals surface area contributed by atoms with Gasteiger partial charge in [-0.05, 0) is 61.1 Å². The highest BCUT2D eigenvalue weighted by Crippen LogP contribution is 2.36. The van der Waals surface area contributed by atoms with Gasteiger partial charge in [0.15, 0.2) is 0 Å². The molecule has 0 radical (unpaired) electrons. The number of ether oxygens (including phenoxy) is 1. The summed E-state index contributed by atoms with van der Waals surface area (Å²) in [4.78, 5) is 4.80. The van der Waals surface area contributed by atoms with Crippen LogP contribution in [0.15, 0.2) is 24.4 Å². The summed E-state index contributed by atoms with van der Waals surface area (Å²) in [5, 5.41) is 4.31. The zero-order valence-electron chi connectivity index (χ0n) is 13.2. The molecule has 0 unspecified atom stereocenters. The SMILES string of the molecule is COc1cc2c(cc1-c1cc(C)c3c(cnn3C)n1)CCC2. The largest absolute Gasteiger partial charge is 0.496 e. The molecule has 0 atom stereocenters. The maximum Gasteiger partial charge on any atom is 0.128 e. The molecule has 112 valence electrons. The van der Waals surface area contributed by atoms with Crippen LogP contribution in [-0.4, -0.2) is 21.9 Å². The number of aryl methyl sites for hydroxylation is 4. The molecule has 2 heterocycles. The molecule has 1 aromatic carbocycles. The summed E-state index contributed by atoms with van der Waals surface area (Å²) in [7, 11) is 3.68. The van der Waals surface area contributed by atoms with Gasteiger partial charge in [-0.3, -0.25) is 4.68 Å². The molecule has 0 fully saturated rings. The molecule has 0 N–H and O–H groups in total. The number of pyridine rings is 1. The molecule has 22 heavy (non-hydrogen) atoms. The van der Waals surface area contributed by atoms with E-state index in [2.05, 4.69) is 30.2 Å². The fourth-order valence-electron chi connectivity index (χ4n) is 3.51. The van der Waals surface area contributed by atoms with Crippen LogP contribution in [-0.2, 0) is 19.9 Å². The molecule has 0 aliphatic heterocycles. The van der Waals surface area contributed by atoms with Crippen molar-refractivity contribution in [3.8, 4) is 17.0 Å². The van der Waals surface area contributed by atoms with E-state index in [0.29, 0.717) is 0 Å². The molecule has 0 saturated heterocycles. The van der Waals surface area contributed by atoms with Crippen molar-refractivity contribution in [3.05, 3.63) is 41.1 Å². The number of rotatable bonds is 2. The number of nitrogens with zero attached hydrogens (tertiary/aromatic N) is 3. The van der Waals surface area contributed by atoms with Crippen molar-refractivity contribution in [2.75, 3.05) is 7.11 Å². The van der Waals surface area contributed by atoms with Gasteiger partial charge in [0, 0.05) is 12.6 Å². The molecule has 1 aliphatic rings. The molecule has 4 nitrogen and oxygen atoms in total. The van der Waals surface area contributed by atoms with E-state index in [1.165, 1.54) is 23.1 Å². The van der Waals surface area contributed by atoms with Gasteiger partial charge in [-0.1, -0.05) is 0 Å². The second-order valence-electron chi connectivity index (χ2n) is 6.00. The summed E-state index contributed by atoms with van der Waals surface area (Å²) >= 11 is 0. The van der Waals surface area contributed by atoms with Gasteiger partial charge < -0.3 is 4.74 Å². The molecular formula is C18H19N3O. The van der Waals surface area contributed by atoms with Crippen molar-refractivity contribution in [3.63, 3.8) is 0 Å². The summed E-state index contributed by atoms with van der Waals surface area (Å²) in [6.07, 6.45) is 5.36. The topological polar surface area (TPSA) is 39.9 Å². The number of fused-ring (bicyclic) bond motifs is 2. The van der Waals surface area contributed by atoms with E-state index < -0.39 is 0 Å². The molecule has 2 aromatic heterocycles. The lowest BCUT2D eigenvalue weighted by Crippen LogP contribution is -1.96. The first-order chi connectivity index (χ1) is 10.7. The molecule has 0 bridgehead atoms. The Hall–Kier alpha value is -2.36. The maximum atomic E-state index is 5.62. The number of hydrogen-bond donors (Lipinski definition) is 0. The second kappa shape index (κ2) is 4.83. The Bertz CT molecular complexity index is 880. The van der Waals surface area contributed by atoms with Crippen LogP contribution >= 0.6 is 0 Å². The third kappa shape index (κ3) is 1.90. The summed E-state index contributed by atoms with van der Waals surface area (Å²) in [5.74, 6) is 0.913. The monoisotopic (exact) mass is 293 g/mol. The number of methoxy groups -OCH3 is 1. The summed E-state index contributed by atoms with van der Waals surface area (Å²) in [6, 6.07) is 6.57. The van der Waals surface area contributed by atoms with Crippen molar-refractivity contribution < 1.29 is 4.74 Å². The summed E-state index contributed by atoms with van der Waals surface area (Å²) in [6.45, 7) is 2.11. The summed E-state index contributed by atoms with van der Waals surface area (Å²) in [5.41, 5.74) is 8.09. The highest BCUT2D eigenvalue weighted by Gasteiger charge is 2.18. The van der Waals surface area contributed by atoms with E-state index in [-0.39, 0.29) is 0 Å². The van der Waals surface area contributed by atoms with Crippen LogP contribution in [0.2, 0.25) is 0 Å². The van der Waals surface area contributed by atoms with Gasteiger partial charge in [0.25, 0.3) is 0 Å². The van der Waals surface area contributed by atoms with Crippen LogP contribution in [0.25, 0.3) is 22.3 Å². The van der Waals surface area contributed by atoms with Crippen LogP contribution in [0.1, 0.15) is 23.1 Å². The highest BCUT2D eigenvalue weighted by molar-refractivity contribution is 5.83. The Morgan fingerprint density at radius 2 is 1.91 bits per heavy atom. The Labute approximate surface area is 129 Å². The van der Waals surface area contributed by atoms with E-state index in [1.54, 1.807) is 7.11 Å². The lowest BCUT2D eigenvalue weighted by atomic mass is 10.0. The minimum absolute atomic E-state index is 0.913.